The van der Waals surface area contributed by atoms with Crippen LogP contribution in [0.5, 0.6) is 0 Å². The van der Waals surface area contributed by atoms with Crippen molar-refractivity contribution < 1.29 is 4.79 Å². The van der Waals surface area contributed by atoms with E-state index in [1.807, 2.05) is 11.3 Å². The second-order valence-corrected chi connectivity index (χ2v) is 7.87. The Kier molecular flexibility index (Phi) is 9.60. The number of piperidine rings is 1. The zero-order chi connectivity index (χ0) is 15.4. The normalized spacial score (nSPS) is 27.1. The number of carbonyl (C=O) groups excluding carboxylic acids is 1. The number of nitrogens with two attached hydrogens (primary N) is 1. The number of nitrogens with one attached hydrogen (secondary N) is 1. The lowest BCUT2D eigenvalue weighted by atomic mass is 9.97. The van der Waals surface area contributed by atoms with Crippen LogP contribution >= 0.6 is 36.2 Å². The van der Waals surface area contributed by atoms with Gasteiger partial charge in [-0.15, -0.1) is 36.2 Å². The van der Waals surface area contributed by atoms with E-state index in [-0.39, 0.29) is 42.7 Å². The summed E-state index contributed by atoms with van der Waals surface area (Å²) in [4.78, 5) is 16.2. The van der Waals surface area contributed by atoms with Crippen LogP contribution in [0.25, 0.3) is 0 Å². The van der Waals surface area contributed by atoms with Gasteiger partial charge in [0, 0.05) is 36.5 Å². The quantitative estimate of drug-likeness (QED) is 0.807. The van der Waals surface area contributed by atoms with Gasteiger partial charge < -0.3 is 11.1 Å². The zero-order valence-electron chi connectivity index (χ0n) is 14.0. The van der Waals surface area contributed by atoms with Crippen molar-refractivity contribution in [1.29, 1.82) is 0 Å². The van der Waals surface area contributed by atoms with Crippen molar-refractivity contribution in [1.82, 2.24) is 10.2 Å². The summed E-state index contributed by atoms with van der Waals surface area (Å²) in [6, 6.07) is 4.56. The molecule has 1 saturated heterocycles. The zero-order valence-corrected chi connectivity index (χ0v) is 16.4. The van der Waals surface area contributed by atoms with Crippen molar-refractivity contribution in [2.24, 2.45) is 17.6 Å². The summed E-state index contributed by atoms with van der Waals surface area (Å²) in [6.07, 6.45) is 5.28. The van der Waals surface area contributed by atoms with E-state index in [1.54, 1.807) is 0 Å². The van der Waals surface area contributed by atoms with Crippen LogP contribution in [-0.2, 0) is 11.3 Å². The molecule has 4 nitrogen and oxygen atoms in total. The van der Waals surface area contributed by atoms with E-state index in [0.29, 0.717) is 5.92 Å². The van der Waals surface area contributed by atoms with E-state index in [9.17, 15) is 4.79 Å². The van der Waals surface area contributed by atoms with E-state index in [0.717, 1.165) is 38.9 Å². The summed E-state index contributed by atoms with van der Waals surface area (Å²) in [6.45, 7) is 4.16. The van der Waals surface area contributed by atoms with Crippen LogP contribution in [0.3, 0.4) is 0 Å². The van der Waals surface area contributed by atoms with Gasteiger partial charge >= 0.3 is 0 Å². The van der Waals surface area contributed by atoms with Gasteiger partial charge in [-0.25, -0.2) is 0 Å². The molecule has 1 aromatic heterocycles. The van der Waals surface area contributed by atoms with Crippen LogP contribution < -0.4 is 11.1 Å². The maximum atomic E-state index is 12.2. The first-order valence-corrected chi connectivity index (χ1v) is 9.36. The van der Waals surface area contributed by atoms with E-state index in [2.05, 4.69) is 27.7 Å². The van der Waals surface area contributed by atoms with Gasteiger partial charge in [0.2, 0.25) is 5.91 Å². The van der Waals surface area contributed by atoms with Gasteiger partial charge in [0.1, 0.15) is 0 Å². The molecule has 1 aliphatic carbocycles. The maximum Gasteiger partial charge on any atom is 0.223 e. The highest BCUT2D eigenvalue weighted by molar-refractivity contribution is 7.09. The average Bonchev–Trinajstić information content (AvgIpc) is 3.17. The Bertz CT molecular complexity index is 486. The van der Waals surface area contributed by atoms with Gasteiger partial charge in [0.15, 0.2) is 0 Å². The number of nitrogens with zero attached hydrogens (tertiary/aromatic N) is 1. The van der Waals surface area contributed by atoms with E-state index >= 15 is 0 Å². The number of hydrogen-bond donors (Lipinski definition) is 2. The van der Waals surface area contributed by atoms with Crippen molar-refractivity contribution in [3.63, 3.8) is 0 Å². The van der Waals surface area contributed by atoms with Crippen LogP contribution in [0, 0.1) is 11.8 Å². The lowest BCUT2D eigenvalue weighted by Gasteiger charge is -2.32. The standard InChI is InChI=1S/C17H27N3OS.2ClH/c18-15-6-5-14(9-15)17(21)19-10-13-3-1-7-20(11-13)12-16-4-2-8-22-16;;/h2,4,8,13-15H,1,3,5-7,9-12,18H2,(H,19,21);2*1H. The highest BCUT2D eigenvalue weighted by Crippen LogP contribution is 2.24. The van der Waals surface area contributed by atoms with Gasteiger partial charge in [-0.3, -0.25) is 9.69 Å². The second-order valence-electron chi connectivity index (χ2n) is 6.84. The molecule has 0 aromatic carbocycles. The SMILES string of the molecule is Cl.Cl.NC1CCC(C(=O)NCC2CCCN(Cc3cccs3)C2)C1. The molecule has 3 rings (SSSR count). The predicted molar refractivity (Wildman–Crippen MR) is 105 cm³/mol. The third-order valence-corrected chi connectivity index (χ3v) is 5.83. The third-order valence-electron chi connectivity index (χ3n) is 4.97. The molecule has 3 N–H and O–H groups in total. The van der Waals surface area contributed by atoms with Crippen LogP contribution in [0.1, 0.15) is 37.0 Å². The number of amides is 1. The van der Waals surface area contributed by atoms with Crippen LogP contribution in [0.2, 0.25) is 0 Å². The lowest BCUT2D eigenvalue weighted by molar-refractivity contribution is -0.125. The van der Waals surface area contributed by atoms with Gasteiger partial charge in [-0.2, -0.15) is 0 Å². The molecule has 138 valence electrons. The fraction of sp³-hybridized carbons (Fsp3) is 0.706. The van der Waals surface area contributed by atoms with Crippen molar-refractivity contribution >= 4 is 42.1 Å². The highest BCUT2D eigenvalue weighted by atomic mass is 35.5. The largest absolute Gasteiger partial charge is 0.356 e. The van der Waals surface area contributed by atoms with Crippen LogP contribution in [0.4, 0.5) is 0 Å². The number of hydrogen-bond acceptors (Lipinski definition) is 4. The van der Waals surface area contributed by atoms with E-state index in [1.165, 1.54) is 24.3 Å². The Balaban J connectivity index is 0.00000144. The molecule has 1 amide bonds. The molecule has 1 aromatic rings. The Labute approximate surface area is 161 Å². The Hall–Kier alpha value is -0.330. The van der Waals surface area contributed by atoms with Gasteiger partial charge in [-0.05, 0) is 56.0 Å². The minimum Gasteiger partial charge on any atom is -0.356 e. The molecule has 2 fully saturated rings. The molecule has 1 aliphatic heterocycles. The molecular weight excluding hydrogens is 365 g/mol. The molecule has 2 aliphatic rings. The van der Waals surface area contributed by atoms with Crippen LogP contribution in [0.15, 0.2) is 17.5 Å². The minimum absolute atomic E-state index is 0. The molecule has 3 atom stereocenters. The molecule has 1 saturated carbocycles. The summed E-state index contributed by atoms with van der Waals surface area (Å²) < 4.78 is 0. The second kappa shape index (κ2) is 10.6. The monoisotopic (exact) mass is 393 g/mol. The van der Waals surface area contributed by atoms with E-state index in [4.69, 9.17) is 5.73 Å². The third kappa shape index (κ3) is 6.19. The minimum atomic E-state index is 0. The average molecular weight is 394 g/mol. The molecule has 3 unspecified atom stereocenters. The number of thiophene rings is 1. The molecule has 0 radical (unpaired) electrons. The lowest BCUT2D eigenvalue weighted by Crippen LogP contribution is -2.41. The molecule has 0 bridgehead atoms. The Morgan fingerprint density at radius 2 is 2.17 bits per heavy atom. The van der Waals surface area contributed by atoms with Gasteiger partial charge in [0.05, 0.1) is 0 Å². The highest BCUT2D eigenvalue weighted by Gasteiger charge is 2.28. The summed E-state index contributed by atoms with van der Waals surface area (Å²) in [7, 11) is 0. The molecular formula is C17H29Cl2N3OS. The first-order valence-electron chi connectivity index (χ1n) is 8.48. The van der Waals surface area contributed by atoms with Crippen molar-refractivity contribution in [3.8, 4) is 0 Å². The smallest absolute Gasteiger partial charge is 0.223 e. The number of carbonyl (C=O) groups is 1. The Morgan fingerprint density at radius 3 is 2.83 bits per heavy atom. The van der Waals surface area contributed by atoms with Crippen LogP contribution in [-0.4, -0.2) is 36.5 Å². The summed E-state index contributed by atoms with van der Waals surface area (Å²) in [5, 5.41) is 5.32. The van der Waals surface area contributed by atoms with Gasteiger partial charge in [-0.1, -0.05) is 6.07 Å². The fourth-order valence-corrected chi connectivity index (χ4v) is 4.47. The maximum absolute atomic E-state index is 12.2. The summed E-state index contributed by atoms with van der Waals surface area (Å²) in [5.41, 5.74) is 5.90. The molecule has 0 spiro atoms. The number of halogens is 2. The topological polar surface area (TPSA) is 58.4 Å². The first-order chi connectivity index (χ1) is 10.7. The predicted octanol–water partition coefficient (Wildman–Crippen LogP) is 3.05. The first kappa shape index (κ1) is 21.7. The summed E-state index contributed by atoms with van der Waals surface area (Å²) in [5.74, 6) is 0.969. The Morgan fingerprint density at radius 1 is 1.33 bits per heavy atom. The van der Waals surface area contributed by atoms with Crippen molar-refractivity contribution in [2.75, 3.05) is 19.6 Å². The molecule has 7 heteroatoms. The molecule has 2 heterocycles. The number of rotatable bonds is 5. The summed E-state index contributed by atoms with van der Waals surface area (Å²) >= 11 is 1.83. The fourth-order valence-electron chi connectivity index (χ4n) is 3.73. The van der Waals surface area contributed by atoms with E-state index < -0.39 is 0 Å². The molecule has 24 heavy (non-hydrogen) atoms. The number of likely N-dealkylation sites (tertiary alicyclic amines) is 1. The van der Waals surface area contributed by atoms with Crippen molar-refractivity contribution in [3.05, 3.63) is 22.4 Å². The van der Waals surface area contributed by atoms with Crippen molar-refractivity contribution in [2.45, 2.75) is 44.7 Å². The van der Waals surface area contributed by atoms with Gasteiger partial charge in [0.25, 0.3) is 0 Å².